The maximum Gasteiger partial charge on any atom is 0.107 e. The highest BCUT2D eigenvalue weighted by Crippen LogP contribution is 2.28. The molecule has 1 aromatic heterocycles. The predicted molar refractivity (Wildman–Crippen MR) is 80.9 cm³/mol. The van der Waals surface area contributed by atoms with Crippen molar-refractivity contribution in [3.63, 3.8) is 0 Å². The van der Waals surface area contributed by atoms with Gasteiger partial charge in [0.1, 0.15) is 5.01 Å². The van der Waals surface area contributed by atoms with Gasteiger partial charge in [-0.2, -0.15) is 0 Å². The van der Waals surface area contributed by atoms with Gasteiger partial charge in [0.25, 0.3) is 0 Å². The first kappa shape index (κ1) is 12.1. The molecular formula is C16H14N2S. The van der Waals surface area contributed by atoms with Gasteiger partial charge in [-0.15, -0.1) is 11.3 Å². The molecule has 0 unspecified atom stereocenters. The van der Waals surface area contributed by atoms with Gasteiger partial charge in [0.2, 0.25) is 0 Å². The minimum Gasteiger partial charge on any atom is -0.325 e. The fourth-order valence-corrected chi connectivity index (χ4v) is 2.80. The zero-order chi connectivity index (χ0) is 13.1. The van der Waals surface area contributed by atoms with Crippen LogP contribution >= 0.6 is 11.3 Å². The van der Waals surface area contributed by atoms with Crippen molar-refractivity contribution in [3.8, 4) is 21.6 Å². The van der Waals surface area contributed by atoms with E-state index in [1.807, 2.05) is 12.3 Å². The Balaban J connectivity index is 1.90. The SMILES string of the molecule is NCc1ncc(-c2ccc(-c3ccccc3)cc2)s1. The van der Waals surface area contributed by atoms with Crippen molar-refractivity contribution < 1.29 is 0 Å². The van der Waals surface area contributed by atoms with Crippen LogP contribution in [0.15, 0.2) is 60.8 Å². The lowest BCUT2D eigenvalue weighted by Gasteiger charge is -2.02. The van der Waals surface area contributed by atoms with Gasteiger partial charge in [-0.25, -0.2) is 4.98 Å². The molecule has 0 spiro atoms. The molecule has 0 saturated heterocycles. The second-order valence-electron chi connectivity index (χ2n) is 4.27. The highest BCUT2D eigenvalue weighted by atomic mass is 32.1. The Hall–Kier alpha value is -1.97. The third-order valence-corrected chi connectivity index (χ3v) is 4.07. The summed E-state index contributed by atoms with van der Waals surface area (Å²) in [5.74, 6) is 0. The molecule has 94 valence electrons. The van der Waals surface area contributed by atoms with Crippen LogP contribution in [0.2, 0.25) is 0 Å². The maximum absolute atomic E-state index is 5.59. The topological polar surface area (TPSA) is 38.9 Å². The molecule has 0 radical (unpaired) electrons. The van der Waals surface area contributed by atoms with E-state index in [4.69, 9.17) is 5.73 Å². The van der Waals surface area contributed by atoms with E-state index in [1.165, 1.54) is 21.6 Å². The van der Waals surface area contributed by atoms with Gasteiger partial charge in [0, 0.05) is 12.7 Å². The average molecular weight is 266 g/mol. The second kappa shape index (κ2) is 5.34. The van der Waals surface area contributed by atoms with Gasteiger partial charge < -0.3 is 5.73 Å². The van der Waals surface area contributed by atoms with Gasteiger partial charge in [-0.3, -0.25) is 0 Å². The summed E-state index contributed by atoms with van der Waals surface area (Å²) in [5.41, 5.74) is 9.25. The highest BCUT2D eigenvalue weighted by molar-refractivity contribution is 7.15. The number of nitrogens with two attached hydrogens (primary N) is 1. The lowest BCUT2D eigenvalue weighted by atomic mass is 10.0. The fourth-order valence-electron chi connectivity index (χ4n) is 2.00. The maximum atomic E-state index is 5.59. The molecule has 0 bridgehead atoms. The Morgan fingerprint density at radius 2 is 1.47 bits per heavy atom. The number of thiazole rings is 1. The van der Waals surface area contributed by atoms with Crippen LogP contribution in [0.4, 0.5) is 0 Å². The van der Waals surface area contributed by atoms with Crippen LogP contribution in [0.3, 0.4) is 0 Å². The lowest BCUT2D eigenvalue weighted by Crippen LogP contribution is -1.93. The van der Waals surface area contributed by atoms with Crippen LogP contribution in [0, 0.1) is 0 Å². The van der Waals surface area contributed by atoms with Crippen LogP contribution in [-0.4, -0.2) is 4.98 Å². The summed E-state index contributed by atoms with van der Waals surface area (Å²) < 4.78 is 0. The lowest BCUT2D eigenvalue weighted by molar-refractivity contribution is 1.04. The first-order valence-corrected chi connectivity index (χ1v) is 6.99. The molecule has 1 heterocycles. The Labute approximate surface area is 116 Å². The van der Waals surface area contributed by atoms with E-state index in [9.17, 15) is 0 Å². The third-order valence-electron chi connectivity index (χ3n) is 3.00. The monoisotopic (exact) mass is 266 g/mol. The van der Waals surface area contributed by atoms with Gasteiger partial charge in [0.15, 0.2) is 0 Å². The van der Waals surface area contributed by atoms with E-state index in [-0.39, 0.29) is 0 Å². The van der Waals surface area contributed by atoms with E-state index in [2.05, 4.69) is 53.5 Å². The number of hydrogen-bond acceptors (Lipinski definition) is 3. The zero-order valence-corrected chi connectivity index (χ0v) is 11.2. The molecule has 0 saturated carbocycles. The summed E-state index contributed by atoms with van der Waals surface area (Å²) in [6.07, 6.45) is 1.89. The summed E-state index contributed by atoms with van der Waals surface area (Å²) >= 11 is 1.65. The number of aromatic nitrogens is 1. The summed E-state index contributed by atoms with van der Waals surface area (Å²) in [5, 5.41) is 0.974. The van der Waals surface area contributed by atoms with E-state index in [0.29, 0.717) is 6.54 Å². The molecule has 0 atom stereocenters. The van der Waals surface area contributed by atoms with Crippen LogP contribution < -0.4 is 5.73 Å². The van der Waals surface area contributed by atoms with Crippen molar-refractivity contribution in [1.82, 2.24) is 4.98 Å². The van der Waals surface area contributed by atoms with Crippen molar-refractivity contribution in [3.05, 3.63) is 65.8 Å². The van der Waals surface area contributed by atoms with Crippen LogP contribution in [0.5, 0.6) is 0 Å². The number of benzene rings is 2. The van der Waals surface area contributed by atoms with E-state index in [0.717, 1.165) is 5.01 Å². The predicted octanol–water partition coefficient (Wildman–Crippen LogP) is 3.94. The van der Waals surface area contributed by atoms with Gasteiger partial charge in [-0.05, 0) is 16.7 Å². The van der Waals surface area contributed by atoms with E-state index in [1.54, 1.807) is 11.3 Å². The largest absolute Gasteiger partial charge is 0.325 e. The minimum atomic E-state index is 0.507. The zero-order valence-electron chi connectivity index (χ0n) is 10.4. The van der Waals surface area contributed by atoms with Crippen molar-refractivity contribution in [2.24, 2.45) is 5.73 Å². The molecule has 3 heteroatoms. The molecule has 19 heavy (non-hydrogen) atoms. The molecule has 0 amide bonds. The summed E-state index contributed by atoms with van der Waals surface area (Å²) in [6.45, 7) is 0.507. The smallest absolute Gasteiger partial charge is 0.107 e. The molecule has 0 aliphatic heterocycles. The minimum absolute atomic E-state index is 0.507. The Morgan fingerprint density at radius 3 is 2.11 bits per heavy atom. The summed E-state index contributed by atoms with van der Waals surface area (Å²) in [4.78, 5) is 5.45. The number of nitrogens with zero attached hydrogens (tertiary/aromatic N) is 1. The Morgan fingerprint density at radius 1 is 0.842 bits per heavy atom. The molecule has 0 aliphatic rings. The molecule has 3 rings (SSSR count). The first-order valence-electron chi connectivity index (χ1n) is 6.17. The Bertz CT molecular complexity index is 657. The Kier molecular flexibility index (Phi) is 3.40. The normalized spacial score (nSPS) is 10.6. The van der Waals surface area contributed by atoms with Crippen LogP contribution in [-0.2, 0) is 6.54 Å². The summed E-state index contributed by atoms with van der Waals surface area (Å²) in [7, 11) is 0. The third kappa shape index (κ3) is 2.57. The summed E-state index contributed by atoms with van der Waals surface area (Å²) in [6, 6.07) is 18.9. The highest BCUT2D eigenvalue weighted by Gasteiger charge is 2.04. The number of rotatable bonds is 3. The van der Waals surface area contributed by atoms with Crippen molar-refractivity contribution in [2.45, 2.75) is 6.54 Å². The molecule has 2 aromatic carbocycles. The second-order valence-corrected chi connectivity index (χ2v) is 5.38. The van der Waals surface area contributed by atoms with E-state index >= 15 is 0 Å². The molecule has 3 aromatic rings. The van der Waals surface area contributed by atoms with Gasteiger partial charge >= 0.3 is 0 Å². The molecule has 0 fully saturated rings. The average Bonchev–Trinajstić information content (AvgIpc) is 2.97. The molecular weight excluding hydrogens is 252 g/mol. The quantitative estimate of drug-likeness (QED) is 0.780. The fraction of sp³-hybridized carbons (Fsp3) is 0.0625. The first-order chi connectivity index (χ1) is 9.36. The van der Waals surface area contributed by atoms with Crippen LogP contribution in [0.25, 0.3) is 21.6 Å². The van der Waals surface area contributed by atoms with Gasteiger partial charge in [0.05, 0.1) is 4.88 Å². The van der Waals surface area contributed by atoms with Crippen molar-refractivity contribution in [1.29, 1.82) is 0 Å². The molecule has 2 N–H and O–H groups in total. The van der Waals surface area contributed by atoms with E-state index < -0.39 is 0 Å². The molecule has 0 aliphatic carbocycles. The van der Waals surface area contributed by atoms with Crippen LogP contribution in [0.1, 0.15) is 5.01 Å². The van der Waals surface area contributed by atoms with Crippen molar-refractivity contribution >= 4 is 11.3 Å². The number of hydrogen-bond donors (Lipinski definition) is 1. The standard InChI is InChI=1S/C16H14N2S/c17-10-16-18-11-15(19-16)14-8-6-13(7-9-14)12-4-2-1-3-5-12/h1-9,11H,10,17H2. The van der Waals surface area contributed by atoms with Gasteiger partial charge in [-0.1, -0.05) is 54.6 Å². The van der Waals surface area contributed by atoms with Crippen molar-refractivity contribution in [2.75, 3.05) is 0 Å². The molecule has 2 nitrogen and oxygen atoms in total.